The van der Waals surface area contributed by atoms with Crippen LogP contribution in [0.3, 0.4) is 0 Å². The zero-order chi connectivity index (χ0) is 32.9. The van der Waals surface area contributed by atoms with Gasteiger partial charge in [-0.25, -0.2) is 0 Å². The van der Waals surface area contributed by atoms with Crippen LogP contribution >= 0.6 is 0 Å². The van der Waals surface area contributed by atoms with E-state index >= 15 is 0 Å². The number of aliphatic hydroxyl groups excluding tert-OH is 1. The SMILES string of the molecule is CCCCCNC(=O)c1cccc(C#Cc2ccc(OC(C)C)c(CC)c2)c1.CCOC.OCCCc1c[nH]c2ccccc12. The van der Waals surface area contributed by atoms with Gasteiger partial charge in [0.05, 0.1) is 6.10 Å². The number of fused-ring (bicyclic) bond motifs is 1. The molecule has 1 heterocycles. The van der Waals surface area contributed by atoms with Crippen molar-refractivity contribution < 1.29 is 19.4 Å². The van der Waals surface area contributed by atoms with E-state index in [0.717, 1.165) is 67.6 Å². The van der Waals surface area contributed by atoms with Crippen molar-refractivity contribution in [3.63, 3.8) is 0 Å². The Labute approximate surface area is 270 Å². The summed E-state index contributed by atoms with van der Waals surface area (Å²) >= 11 is 0. The summed E-state index contributed by atoms with van der Waals surface area (Å²) in [5.41, 5.74) is 6.06. The van der Waals surface area contributed by atoms with E-state index in [9.17, 15) is 4.79 Å². The van der Waals surface area contributed by atoms with Crippen molar-refractivity contribution in [1.29, 1.82) is 0 Å². The number of para-hydroxylation sites is 1. The number of aryl methyl sites for hydroxylation is 2. The highest BCUT2D eigenvalue weighted by molar-refractivity contribution is 5.94. The maximum Gasteiger partial charge on any atom is 0.251 e. The van der Waals surface area contributed by atoms with Gasteiger partial charge in [-0.05, 0) is 100 Å². The number of carbonyl (C=O) groups excluding carboxylic acids is 1. The van der Waals surface area contributed by atoms with Crippen molar-refractivity contribution in [3.8, 4) is 17.6 Å². The third kappa shape index (κ3) is 13.6. The van der Waals surface area contributed by atoms with Gasteiger partial charge in [0.1, 0.15) is 5.75 Å². The van der Waals surface area contributed by atoms with Crippen molar-refractivity contribution in [2.75, 3.05) is 26.9 Å². The Morgan fingerprint density at radius 1 is 0.911 bits per heavy atom. The van der Waals surface area contributed by atoms with Crippen LogP contribution in [0.15, 0.2) is 72.9 Å². The van der Waals surface area contributed by atoms with E-state index in [1.165, 1.54) is 16.5 Å². The second-order valence-corrected chi connectivity index (χ2v) is 10.9. The topological polar surface area (TPSA) is 83.6 Å². The third-order valence-electron chi connectivity index (χ3n) is 6.91. The third-order valence-corrected chi connectivity index (χ3v) is 6.91. The van der Waals surface area contributed by atoms with Crippen LogP contribution in [-0.2, 0) is 17.6 Å². The van der Waals surface area contributed by atoms with Crippen LogP contribution in [0, 0.1) is 11.8 Å². The molecule has 0 radical (unpaired) electrons. The molecule has 0 aliphatic carbocycles. The molecule has 1 amide bonds. The number of aromatic nitrogens is 1. The average Bonchev–Trinajstić information content (AvgIpc) is 3.48. The van der Waals surface area contributed by atoms with Gasteiger partial charge < -0.3 is 24.9 Å². The van der Waals surface area contributed by atoms with E-state index in [2.05, 4.69) is 58.9 Å². The minimum Gasteiger partial charge on any atom is -0.491 e. The van der Waals surface area contributed by atoms with Crippen molar-refractivity contribution in [2.24, 2.45) is 0 Å². The lowest BCUT2D eigenvalue weighted by molar-refractivity contribution is 0.0953. The van der Waals surface area contributed by atoms with E-state index in [4.69, 9.17) is 9.84 Å². The predicted molar refractivity (Wildman–Crippen MR) is 187 cm³/mol. The number of amides is 1. The molecule has 0 unspecified atom stereocenters. The standard InChI is InChI=1S/C25H31NO2.C11H13NO.C3H8O/c1-5-7-8-16-26-25(27)23-11-9-10-20(18-23)12-13-21-14-15-24(28-19(3)4)22(6-2)17-21;13-7-3-4-9-8-12-11-6-2-1-5-10(9)11;1-3-4-2/h9-11,14-15,17-19H,5-8,16H2,1-4H3,(H,26,27);1-2,5-6,8,12-13H,3-4,7H2;3H2,1-2H3. The van der Waals surface area contributed by atoms with Gasteiger partial charge in [0.15, 0.2) is 0 Å². The Bertz CT molecular complexity index is 1480. The first-order valence-electron chi connectivity index (χ1n) is 16.2. The van der Waals surface area contributed by atoms with Crippen LogP contribution in [0.1, 0.15) is 92.9 Å². The molecular weight excluding hydrogens is 560 g/mol. The van der Waals surface area contributed by atoms with Crippen molar-refractivity contribution in [1.82, 2.24) is 10.3 Å². The normalized spacial score (nSPS) is 10.2. The number of rotatable bonds is 12. The molecule has 3 N–H and O–H groups in total. The quantitative estimate of drug-likeness (QED) is 0.112. The first-order chi connectivity index (χ1) is 21.9. The fourth-order valence-corrected chi connectivity index (χ4v) is 4.47. The molecule has 6 heteroatoms. The number of H-pyrrole nitrogens is 1. The highest BCUT2D eigenvalue weighted by Crippen LogP contribution is 2.22. The van der Waals surface area contributed by atoms with Crippen LogP contribution < -0.4 is 10.1 Å². The first kappa shape index (κ1) is 37.1. The van der Waals surface area contributed by atoms with Crippen LogP contribution in [0.4, 0.5) is 0 Å². The van der Waals surface area contributed by atoms with Gasteiger partial charge in [0, 0.05) is 60.7 Å². The molecule has 4 aromatic rings. The van der Waals surface area contributed by atoms with E-state index in [0.29, 0.717) is 12.1 Å². The summed E-state index contributed by atoms with van der Waals surface area (Å²) in [6, 6.07) is 21.8. The Balaban J connectivity index is 0.000000340. The fourth-order valence-electron chi connectivity index (χ4n) is 4.47. The second kappa shape index (κ2) is 21.6. The number of carbonyl (C=O) groups is 1. The summed E-state index contributed by atoms with van der Waals surface area (Å²) in [6.07, 6.45) is 8.14. The molecule has 4 rings (SSSR count). The van der Waals surface area contributed by atoms with Crippen LogP contribution in [0.2, 0.25) is 0 Å². The zero-order valence-corrected chi connectivity index (χ0v) is 28.0. The molecule has 0 aliphatic heterocycles. The molecule has 0 fully saturated rings. The lowest BCUT2D eigenvalue weighted by Crippen LogP contribution is -2.24. The number of methoxy groups -OCH3 is 1. The lowest BCUT2D eigenvalue weighted by Gasteiger charge is -2.13. The average molecular weight is 613 g/mol. The smallest absolute Gasteiger partial charge is 0.251 e. The van der Waals surface area contributed by atoms with Gasteiger partial charge in [-0.15, -0.1) is 0 Å². The van der Waals surface area contributed by atoms with Gasteiger partial charge in [-0.1, -0.05) is 62.8 Å². The molecule has 1 aromatic heterocycles. The van der Waals surface area contributed by atoms with Crippen molar-refractivity contribution in [3.05, 3.63) is 101 Å². The summed E-state index contributed by atoms with van der Waals surface area (Å²) < 4.78 is 10.4. The number of aromatic amines is 1. The highest BCUT2D eigenvalue weighted by atomic mass is 16.5. The molecular formula is C39H52N2O4. The summed E-state index contributed by atoms with van der Waals surface area (Å²) in [5.74, 6) is 7.26. The number of unbranched alkanes of at least 4 members (excludes halogenated alkanes) is 2. The first-order valence-corrected chi connectivity index (χ1v) is 16.2. The fraction of sp³-hybridized carbons (Fsp3) is 0.410. The Hall–Kier alpha value is -4.05. The highest BCUT2D eigenvalue weighted by Gasteiger charge is 2.06. The summed E-state index contributed by atoms with van der Waals surface area (Å²) in [6.45, 7) is 12.1. The summed E-state index contributed by atoms with van der Waals surface area (Å²) in [7, 11) is 1.68. The van der Waals surface area contributed by atoms with Gasteiger partial charge in [-0.3, -0.25) is 4.79 Å². The zero-order valence-electron chi connectivity index (χ0n) is 28.0. The maximum atomic E-state index is 12.3. The number of nitrogens with one attached hydrogen (secondary N) is 2. The molecule has 0 bridgehead atoms. The molecule has 242 valence electrons. The summed E-state index contributed by atoms with van der Waals surface area (Å²) in [5, 5.41) is 13.0. The molecule has 6 nitrogen and oxygen atoms in total. The Kier molecular flexibility index (Phi) is 17.8. The molecule has 0 atom stereocenters. The summed E-state index contributed by atoms with van der Waals surface area (Å²) in [4.78, 5) is 15.5. The second-order valence-electron chi connectivity index (χ2n) is 10.9. The molecule has 45 heavy (non-hydrogen) atoms. The number of ether oxygens (including phenoxy) is 2. The van der Waals surface area contributed by atoms with Gasteiger partial charge in [0.2, 0.25) is 0 Å². The van der Waals surface area contributed by atoms with Gasteiger partial charge in [0.25, 0.3) is 5.91 Å². The number of aliphatic hydroxyl groups is 1. The number of benzene rings is 3. The monoisotopic (exact) mass is 612 g/mol. The van der Waals surface area contributed by atoms with E-state index in [1.807, 2.05) is 75.5 Å². The molecule has 3 aromatic carbocycles. The van der Waals surface area contributed by atoms with Crippen molar-refractivity contribution >= 4 is 16.8 Å². The number of hydrogen-bond donors (Lipinski definition) is 3. The Morgan fingerprint density at radius 3 is 2.31 bits per heavy atom. The van der Waals surface area contributed by atoms with Crippen LogP contribution in [-0.4, -0.2) is 49.0 Å². The van der Waals surface area contributed by atoms with Crippen molar-refractivity contribution in [2.45, 2.75) is 79.2 Å². The molecule has 0 aliphatic rings. The molecule has 0 saturated carbocycles. The molecule has 0 saturated heterocycles. The Morgan fingerprint density at radius 2 is 1.64 bits per heavy atom. The van der Waals surface area contributed by atoms with E-state index in [1.54, 1.807) is 7.11 Å². The number of hydrogen-bond acceptors (Lipinski definition) is 4. The van der Waals surface area contributed by atoms with Gasteiger partial charge >= 0.3 is 0 Å². The maximum absolute atomic E-state index is 12.3. The van der Waals surface area contributed by atoms with Crippen LogP contribution in [0.5, 0.6) is 5.75 Å². The van der Waals surface area contributed by atoms with E-state index in [-0.39, 0.29) is 18.6 Å². The predicted octanol–water partition coefficient (Wildman–Crippen LogP) is 8.10. The van der Waals surface area contributed by atoms with Crippen LogP contribution in [0.25, 0.3) is 10.9 Å². The largest absolute Gasteiger partial charge is 0.491 e. The molecule has 0 spiro atoms. The lowest BCUT2D eigenvalue weighted by atomic mass is 10.1. The van der Waals surface area contributed by atoms with E-state index < -0.39 is 0 Å². The minimum absolute atomic E-state index is 0.0387. The minimum atomic E-state index is -0.0387. The van der Waals surface area contributed by atoms with Gasteiger partial charge in [-0.2, -0.15) is 0 Å².